The summed E-state index contributed by atoms with van der Waals surface area (Å²) in [5.74, 6) is 0.724. The Morgan fingerprint density at radius 2 is 2.00 bits per heavy atom. The molecule has 2 aromatic rings. The van der Waals surface area contributed by atoms with Gasteiger partial charge in [0.2, 0.25) is 0 Å². The van der Waals surface area contributed by atoms with Crippen molar-refractivity contribution in [2.75, 3.05) is 20.3 Å². The maximum atomic E-state index is 11.8. The van der Waals surface area contributed by atoms with E-state index in [9.17, 15) is 9.59 Å². The molecular formula is C15H15NO4. The van der Waals surface area contributed by atoms with E-state index >= 15 is 0 Å². The summed E-state index contributed by atoms with van der Waals surface area (Å²) in [5, 5.41) is 2.74. The van der Waals surface area contributed by atoms with E-state index in [2.05, 4.69) is 5.32 Å². The summed E-state index contributed by atoms with van der Waals surface area (Å²) in [6.07, 6.45) is 0.654. The van der Waals surface area contributed by atoms with Crippen LogP contribution < -0.4 is 5.32 Å². The summed E-state index contributed by atoms with van der Waals surface area (Å²) >= 11 is 0. The van der Waals surface area contributed by atoms with Crippen LogP contribution in [0.4, 0.5) is 0 Å². The van der Waals surface area contributed by atoms with E-state index < -0.39 is 0 Å². The molecule has 2 rings (SSSR count). The zero-order chi connectivity index (χ0) is 14.4. The SMILES string of the molecule is COCCNC(=O)c1ccc(-c2ccc(C=O)o2)cc1. The Morgan fingerprint density at radius 1 is 1.25 bits per heavy atom. The Labute approximate surface area is 116 Å². The number of nitrogens with one attached hydrogen (secondary N) is 1. The van der Waals surface area contributed by atoms with E-state index in [0.717, 1.165) is 5.56 Å². The quantitative estimate of drug-likeness (QED) is 0.646. The minimum Gasteiger partial charge on any atom is -0.453 e. The second-order valence-electron chi connectivity index (χ2n) is 4.15. The molecule has 5 heteroatoms. The minimum absolute atomic E-state index is 0.151. The van der Waals surface area contributed by atoms with Gasteiger partial charge in [-0.2, -0.15) is 0 Å². The average Bonchev–Trinajstić information content (AvgIpc) is 2.96. The van der Waals surface area contributed by atoms with Crippen LogP contribution >= 0.6 is 0 Å². The number of benzene rings is 1. The van der Waals surface area contributed by atoms with Gasteiger partial charge >= 0.3 is 0 Å². The van der Waals surface area contributed by atoms with Crippen LogP contribution in [-0.2, 0) is 4.74 Å². The molecule has 1 aromatic carbocycles. The summed E-state index contributed by atoms with van der Waals surface area (Å²) < 4.78 is 10.2. The van der Waals surface area contributed by atoms with Crippen molar-refractivity contribution in [3.8, 4) is 11.3 Å². The third-order valence-electron chi connectivity index (χ3n) is 2.77. The predicted molar refractivity (Wildman–Crippen MR) is 73.7 cm³/mol. The summed E-state index contributed by atoms with van der Waals surface area (Å²) in [5.41, 5.74) is 1.37. The first kappa shape index (κ1) is 14.0. The monoisotopic (exact) mass is 273 g/mol. The highest BCUT2D eigenvalue weighted by atomic mass is 16.5. The second kappa shape index (κ2) is 6.68. The number of amides is 1. The molecular weight excluding hydrogens is 258 g/mol. The Morgan fingerprint density at radius 3 is 2.60 bits per heavy atom. The largest absolute Gasteiger partial charge is 0.453 e. The van der Waals surface area contributed by atoms with Gasteiger partial charge in [-0.25, -0.2) is 0 Å². The van der Waals surface area contributed by atoms with Gasteiger partial charge in [-0.3, -0.25) is 9.59 Å². The molecule has 1 aromatic heterocycles. The maximum absolute atomic E-state index is 11.8. The van der Waals surface area contributed by atoms with Gasteiger partial charge in [-0.1, -0.05) is 12.1 Å². The molecule has 5 nitrogen and oxygen atoms in total. The number of carbonyl (C=O) groups excluding carboxylic acids is 2. The molecule has 0 unspecified atom stereocenters. The van der Waals surface area contributed by atoms with Crippen LogP contribution in [0.3, 0.4) is 0 Å². The molecule has 0 spiro atoms. The van der Waals surface area contributed by atoms with Gasteiger partial charge in [0.15, 0.2) is 12.0 Å². The Bertz CT molecular complexity index is 586. The van der Waals surface area contributed by atoms with Gasteiger partial charge < -0.3 is 14.5 Å². The van der Waals surface area contributed by atoms with Crippen LogP contribution in [0.2, 0.25) is 0 Å². The number of hydrogen-bond donors (Lipinski definition) is 1. The summed E-state index contributed by atoms with van der Waals surface area (Å²) in [7, 11) is 1.58. The number of hydrogen-bond acceptors (Lipinski definition) is 4. The first-order valence-electron chi connectivity index (χ1n) is 6.17. The number of rotatable bonds is 6. The molecule has 1 N–H and O–H groups in total. The van der Waals surface area contributed by atoms with E-state index in [4.69, 9.17) is 9.15 Å². The molecule has 0 radical (unpaired) electrons. The van der Waals surface area contributed by atoms with Gasteiger partial charge in [0.1, 0.15) is 5.76 Å². The summed E-state index contributed by atoms with van der Waals surface area (Å²) in [4.78, 5) is 22.3. The van der Waals surface area contributed by atoms with Crippen molar-refractivity contribution < 1.29 is 18.7 Å². The molecule has 0 saturated carbocycles. The molecule has 0 fully saturated rings. The Kier molecular flexibility index (Phi) is 4.68. The highest BCUT2D eigenvalue weighted by Crippen LogP contribution is 2.21. The smallest absolute Gasteiger partial charge is 0.251 e. The van der Waals surface area contributed by atoms with E-state index in [0.29, 0.717) is 30.8 Å². The van der Waals surface area contributed by atoms with Crippen molar-refractivity contribution in [3.63, 3.8) is 0 Å². The molecule has 20 heavy (non-hydrogen) atoms. The lowest BCUT2D eigenvalue weighted by Crippen LogP contribution is -2.26. The van der Waals surface area contributed by atoms with Gasteiger partial charge in [0, 0.05) is 24.8 Å². The molecule has 1 amide bonds. The van der Waals surface area contributed by atoms with E-state index in [1.807, 2.05) is 0 Å². The Hall–Kier alpha value is -2.40. The number of methoxy groups -OCH3 is 1. The lowest BCUT2D eigenvalue weighted by Gasteiger charge is -2.05. The molecule has 1 heterocycles. The minimum atomic E-state index is -0.151. The van der Waals surface area contributed by atoms with Crippen molar-refractivity contribution in [1.29, 1.82) is 0 Å². The Balaban J connectivity index is 2.05. The fourth-order valence-corrected chi connectivity index (χ4v) is 1.73. The molecule has 0 saturated heterocycles. The van der Waals surface area contributed by atoms with Gasteiger partial charge in [-0.05, 0) is 24.3 Å². The van der Waals surface area contributed by atoms with E-state index in [-0.39, 0.29) is 11.7 Å². The van der Waals surface area contributed by atoms with Crippen molar-refractivity contribution in [1.82, 2.24) is 5.32 Å². The lowest BCUT2D eigenvalue weighted by molar-refractivity contribution is 0.0937. The lowest BCUT2D eigenvalue weighted by atomic mass is 10.1. The van der Waals surface area contributed by atoms with Crippen LogP contribution in [0.5, 0.6) is 0 Å². The highest BCUT2D eigenvalue weighted by molar-refractivity contribution is 5.94. The third-order valence-corrected chi connectivity index (χ3v) is 2.77. The van der Waals surface area contributed by atoms with Crippen molar-refractivity contribution in [2.45, 2.75) is 0 Å². The van der Waals surface area contributed by atoms with Crippen LogP contribution in [0.15, 0.2) is 40.8 Å². The van der Waals surface area contributed by atoms with Gasteiger partial charge in [-0.15, -0.1) is 0 Å². The van der Waals surface area contributed by atoms with Gasteiger partial charge in [0.25, 0.3) is 5.91 Å². The van der Waals surface area contributed by atoms with Crippen LogP contribution in [-0.4, -0.2) is 32.5 Å². The molecule has 0 aliphatic carbocycles. The molecule has 0 bridgehead atoms. The standard InChI is InChI=1S/C15H15NO4/c1-19-9-8-16-15(18)12-4-2-11(3-5-12)14-7-6-13(10-17)20-14/h2-7,10H,8-9H2,1H3,(H,16,18). The molecule has 0 atom stereocenters. The summed E-state index contributed by atoms with van der Waals surface area (Å²) in [6, 6.07) is 10.3. The number of carbonyl (C=O) groups is 2. The topological polar surface area (TPSA) is 68.5 Å². The number of ether oxygens (including phenoxy) is 1. The first-order valence-corrected chi connectivity index (χ1v) is 6.17. The fourth-order valence-electron chi connectivity index (χ4n) is 1.73. The summed E-state index contributed by atoms with van der Waals surface area (Å²) in [6.45, 7) is 0.947. The molecule has 0 aliphatic heterocycles. The predicted octanol–water partition coefficient (Wildman–Crippen LogP) is 2.14. The third kappa shape index (κ3) is 3.33. The van der Waals surface area contributed by atoms with Crippen molar-refractivity contribution in [3.05, 3.63) is 47.7 Å². The van der Waals surface area contributed by atoms with E-state index in [1.54, 1.807) is 43.5 Å². The first-order chi connectivity index (χ1) is 9.74. The normalized spacial score (nSPS) is 10.2. The van der Waals surface area contributed by atoms with Crippen LogP contribution in [0.25, 0.3) is 11.3 Å². The fraction of sp³-hybridized carbons (Fsp3) is 0.200. The zero-order valence-corrected chi connectivity index (χ0v) is 11.1. The van der Waals surface area contributed by atoms with Crippen LogP contribution in [0, 0.1) is 0 Å². The maximum Gasteiger partial charge on any atom is 0.251 e. The molecule has 0 aliphatic rings. The highest BCUT2D eigenvalue weighted by Gasteiger charge is 2.07. The number of aldehydes is 1. The zero-order valence-electron chi connectivity index (χ0n) is 11.1. The van der Waals surface area contributed by atoms with Crippen molar-refractivity contribution >= 4 is 12.2 Å². The van der Waals surface area contributed by atoms with E-state index in [1.165, 1.54) is 0 Å². The average molecular weight is 273 g/mol. The second-order valence-corrected chi connectivity index (χ2v) is 4.15. The molecule has 104 valence electrons. The number of furan rings is 1. The van der Waals surface area contributed by atoms with Crippen LogP contribution in [0.1, 0.15) is 20.9 Å². The van der Waals surface area contributed by atoms with Crippen molar-refractivity contribution in [2.24, 2.45) is 0 Å². The van der Waals surface area contributed by atoms with Gasteiger partial charge in [0.05, 0.1) is 6.61 Å².